The second kappa shape index (κ2) is 12.6. The summed E-state index contributed by atoms with van der Waals surface area (Å²) in [5.74, 6) is -0.222. The molecule has 2 aliphatic heterocycles. The van der Waals surface area contributed by atoms with E-state index in [0.29, 0.717) is 30.8 Å². The lowest BCUT2D eigenvalue weighted by atomic mass is 9.95. The zero-order valence-corrected chi connectivity index (χ0v) is 24.5. The molecule has 3 aromatic rings. The molecule has 1 amide bonds. The molecule has 2 unspecified atom stereocenters. The van der Waals surface area contributed by atoms with Crippen LogP contribution in [-0.4, -0.2) is 53.8 Å². The average molecular weight is 561 g/mol. The zero-order chi connectivity index (χ0) is 29.1. The first kappa shape index (κ1) is 29.0. The first-order valence-electron chi connectivity index (χ1n) is 14.7. The van der Waals surface area contributed by atoms with Crippen molar-refractivity contribution in [3.8, 4) is 11.1 Å². The summed E-state index contributed by atoms with van der Waals surface area (Å²) < 4.78 is 19.1. The number of carbonyl (C=O) groups excluding carboxylic acids is 1. The molecule has 0 bridgehead atoms. The number of halogens is 1. The molecule has 3 heterocycles. The molecule has 7 nitrogen and oxygen atoms in total. The Hall–Kier alpha value is -3.49. The van der Waals surface area contributed by atoms with Crippen LogP contribution >= 0.6 is 0 Å². The first-order chi connectivity index (χ1) is 19.7. The maximum absolute atomic E-state index is 13.6. The van der Waals surface area contributed by atoms with Gasteiger partial charge >= 0.3 is 0 Å². The van der Waals surface area contributed by atoms with Crippen molar-refractivity contribution in [2.75, 3.05) is 25.0 Å². The van der Waals surface area contributed by atoms with E-state index in [-0.39, 0.29) is 30.2 Å². The largest absolute Gasteiger partial charge is 0.382 e. The molecule has 0 aliphatic carbocycles. The number of anilines is 1. The monoisotopic (exact) mass is 560 g/mol. The number of ether oxygens (including phenoxy) is 1. The third-order valence-electron chi connectivity index (χ3n) is 8.36. The van der Waals surface area contributed by atoms with E-state index in [9.17, 15) is 14.0 Å². The second-order valence-corrected chi connectivity index (χ2v) is 11.6. The summed E-state index contributed by atoms with van der Waals surface area (Å²) in [6.45, 7) is 10.4. The van der Waals surface area contributed by atoms with Crippen LogP contribution in [0.15, 0.2) is 47.3 Å². The topological polar surface area (TPSA) is 86.5 Å². The van der Waals surface area contributed by atoms with Gasteiger partial charge in [-0.1, -0.05) is 31.2 Å². The molecule has 41 heavy (non-hydrogen) atoms. The van der Waals surface area contributed by atoms with Gasteiger partial charge in [0.25, 0.3) is 11.5 Å². The number of hydrogen-bond donors (Lipinski definition) is 3. The van der Waals surface area contributed by atoms with E-state index in [4.69, 9.17) is 4.74 Å². The van der Waals surface area contributed by atoms with E-state index in [1.54, 1.807) is 0 Å². The zero-order valence-electron chi connectivity index (χ0n) is 24.5. The molecule has 3 N–H and O–H groups in total. The molecule has 0 spiro atoms. The first-order valence-corrected chi connectivity index (χ1v) is 14.7. The minimum absolute atomic E-state index is 0.149. The van der Waals surface area contributed by atoms with E-state index in [1.807, 2.05) is 32.9 Å². The summed E-state index contributed by atoms with van der Waals surface area (Å²) in [5.41, 5.74) is 7.47. The third kappa shape index (κ3) is 6.88. The van der Waals surface area contributed by atoms with Gasteiger partial charge in [-0.05, 0) is 86.1 Å². The Morgan fingerprint density at radius 1 is 1.10 bits per heavy atom. The van der Waals surface area contributed by atoms with Crippen LogP contribution in [0.1, 0.15) is 64.5 Å². The fraction of sp³-hybridized carbons (Fsp3) is 0.455. The number of likely N-dealkylation sites (tertiary alicyclic amines) is 1. The summed E-state index contributed by atoms with van der Waals surface area (Å²) in [4.78, 5) is 31.0. The third-order valence-corrected chi connectivity index (χ3v) is 8.36. The van der Waals surface area contributed by atoms with E-state index in [0.717, 1.165) is 65.0 Å². The van der Waals surface area contributed by atoms with E-state index in [2.05, 4.69) is 57.8 Å². The van der Waals surface area contributed by atoms with Gasteiger partial charge in [0, 0.05) is 61.3 Å². The maximum atomic E-state index is 13.6. The van der Waals surface area contributed by atoms with Gasteiger partial charge in [-0.3, -0.25) is 14.5 Å². The van der Waals surface area contributed by atoms with Crippen LogP contribution in [0.3, 0.4) is 0 Å². The van der Waals surface area contributed by atoms with E-state index in [1.165, 1.54) is 0 Å². The van der Waals surface area contributed by atoms with E-state index >= 15 is 0 Å². The minimum atomic E-state index is -0.714. The molecule has 8 heteroatoms. The van der Waals surface area contributed by atoms with Crippen LogP contribution in [0.2, 0.25) is 0 Å². The number of nitrogens with one attached hydrogen (secondary N) is 3. The SMILES string of the molecule is CCC1CC(Nc2cc(-c3ccc(CN4CC(F)C4)cc3)cc(C(=O)NCc3c(C)cc(C)[nH]c3=O)c2C)CCO1. The minimum Gasteiger partial charge on any atom is -0.382 e. The molecular weight excluding hydrogens is 519 g/mol. The van der Waals surface area contributed by atoms with Crippen molar-refractivity contribution >= 4 is 11.6 Å². The number of aryl methyl sites for hydroxylation is 2. The predicted octanol–water partition coefficient (Wildman–Crippen LogP) is 5.42. The molecule has 0 saturated carbocycles. The lowest BCUT2D eigenvalue weighted by Gasteiger charge is -2.34. The Morgan fingerprint density at radius 2 is 1.85 bits per heavy atom. The molecule has 1 aromatic heterocycles. The Bertz CT molecular complexity index is 1450. The lowest BCUT2D eigenvalue weighted by molar-refractivity contribution is 0.00924. The van der Waals surface area contributed by atoms with Crippen LogP contribution in [0.4, 0.5) is 10.1 Å². The highest BCUT2D eigenvalue weighted by Gasteiger charge is 2.26. The van der Waals surface area contributed by atoms with Crippen LogP contribution in [0, 0.1) is 20.8 Å². The number of nitrogens with zero attached hydrogens (tertiary/aromatic N) is 1. The number of hydrogen-bond acceptors (Lipinski definition) is 5. The molecule has 5 rings (SSSR count). The molecule has 2 fully saturated rings. The number of H-pyrrole nitrogens is 1. The smallest absolute Gasteiger partial charge is 0.253 e. The fourth-order valence-electron chi connectivity index (χ4n) is 5.84. The van der Waals surface area contributed by atoms with Crippen molar-refractivity contribution < 1.29 is 13.9 Å². The van der Waals surface area contributed by atoms with Crippen molar-refractivity contribution in [3.05, 3.63) is 86.3 Å². The van der Waals surface area contributed by atoms with Crippen molar-refractivity contribution in [1.82, 2.24) is 15.2 Å². The normalized spacial score (nSPS) is 19.5. The Morgan fingerprint density at radius 3 is 2.54 bits per heavy atom. The highest BCUT2D eigenvalue weighted by Crippen LogP contribution is 2.31. The van der Waals surface area contributed by atoms with Crippen molar-refractivity contribution in [1.29, 1.82) is 0 Å². The van der Waals surface area contributed by atoms with Gasteiger partial charge in [-0.2, -0.15) is 0 Å². The molecule has 2 saturated heterocycles. The van der Waals surface area contributed by atoms with Gasteiger partial charge in [-0.25, -0.2) is 4.39 Å². The standard InChI is InChI=1S/C33H41FN4O3/c1-5-28-15-27(10-11-41-28)37-31-14-25(24-8-6-23(7-9-24)17-38-18-26(34)19-38)13-29(22(31)4)32(39)35-16-30-20(2)12-21(3)36-33(30)40/h6-9,12-14,26-28,37H,5,10-11,15-19H2,1-4H3,(H,35,39)(H,36,40). The van der Waals surface area contributed by atoms with Gasteiger partial charge in [-0.15, -0.1) is 0 Å². The molecule has 218 valence electrons. The van der Waals surface area contributed by atoms with Crippen molar-refractivity contribution in [2.45, 2.75) is 78.4 Å². The van der Waals surface area contributed by atoms with Crippen LogP contribution in [0.25, 0.3) is 11.1 Å². The molecule has 0 radical (unpaired) electrons. The summed E-state index contributed by atoms with van der Waals surface area (Å²) in [6, 6.07) is 14.5. The highest BCUT2D eigenvalue weighted by atomic mass is 19.1. The summed E-state index contributed by atoms with van der Waals surface area (Å²) in [6.07, 6.45) is 2.31. The number of alkyl halides is 1. The molecular formula is C33H41FN4O3. The second-order valence-electron chi connectivity index (χ2n) is 11.6. The number of amides is 1. The summed E-state index contributed by atoms with van der Waals surface area (Å²) in [7, 11) is 0. The summed E-state index contributed by atoms with van der Waals surface area (Å²) in [5, 5.41) is 6.70. The molecule has 2 atom stereocenters. The molecule has 2 aliphatic rings. The Labute approximate surface area is 241 Å². The number of rotatable bonds is 9. The molecule has 2 aromatic carbocycles. The Balaban J connectivity index is 1.42. The van der Waals surface area contributed by atoms with Crippen LogP contribution < -0.4 is 16.2 Å². The maximum Gasteiger partial charge on any atom is 0.253 e. The van der Waals surface area contributed by atoms with Crippen LogP contribution in [0.5, 0.6) is 0 Å². The van der Waals surface area contributed by atoms with E-state index < -0.39 is 6.17 Å². The van der Waals surface area contributed by atoms with Gasteiger partial charge in [0.15, 0.2) is 0 Å². The van der Waals surface area contributed by atoms with Gasteiger partial charge in [0.05, 0.1) is 6.10 Å². The lowest BCUT2D eigenvalue weighted by Crippen LogP contribution is -2.47. The summed E-state index contributed by atoms with van der Waals surface area (Å²) >= 11 is 0. The van der Waals surface area contributed by atoms with Crippen LogP contribution in [-0.2, 0) is 17.8 Å². The average Bonchev–Trinajstić information content (AvgIpc) is 2.93. The highest BCUT2D eigenvalue weighted by molar-refractivity contribution is 5.98. The predicted molar refractivity (Wildman–Crippen MR) is 161 cm³/mol. The number of aromatic nitrogens is 1. The van der Waals surface area contributed by atoms with Gasteiger partial charge in [0.2, 0.25) is 0 Å². The van der Waals surface area contributed by atoms with Crippen molar-refractivity contribution in [2.24, 2.45) is 0 Å². The number of pyridine rings is 1. The fourth-order valence-corrected chi connectivity index (χ4v) is 5.84. The Kier molecular flexibility index (Phi) is 8.90. The number of aromatic amines is 1. The quantitative estimate of drug-likeness (QED) is 0.325. The van der Waals surface area contributed by atoms with Crippen molar-refractivity contribution in [3.63, 3.8) is 0 Å². The number of carbonyl (C=O) groups is 1. The van der Waals surface area contributed by atoms with Gasteiger partial charge < -0.3 is 20.4 Å². The number of benzene rings is 2. The van der Waals surface area contributed by atoms with Gasteiger partial charge in [0.1, 0.15) is 6.17 Å².